The number of rotatable bonds is 2. The Labute approximate surface area is 197 Å². The molecule has 0 atom stereocenters. The molecule has 0 unspecified atom stereocenters. The first-order valence-corrected chi connectivity index (χ1v) is 11.7. The van der Waals surface area contributed by atoms with E-state index in [9.17, 15) is 0 Å². The van der Waals surface area contributed by atoms with Crippen molar-refractivity contribution in [1.82, 2.24) is 15.0 Å². The fourth-order valence-corrected chi connectivity index (χ4v) is 5.69. The summed E-state index contributed by atoms with van der Waals surface area (Å²) in [5.74, 6) is 1.08. The van der Waals surface area contributed by atoms with E-state index in [-0.39, 0.29) is 5.28 Å². The standard InChI is InChI=1S/C27H14ClN3OS/c28-27-30-25(15-6-2-1-3-7-15)29-26(31-27)16-10-11-19-18(14-16)23-20(32-19)12-13-22-24(23)17-8-4-5-9-21(17)33-22/h1-14H. The molecule has 0 aliphatic heterocycles. The van der Waals surface area contributed by atoms with E-state index in [0.29, 0.717) is 11.6 Å². The van der Waals surface area contributed by atoms with Crippen LogP contribution in [0.5, 0.6) is 0 Å². The Hall–Kier alpha value is -3.80. The molecule has 0 amide bonds. The van der Waals surface area contributed by atoms with Gasteiger partial charge in [-0.15, -0.1) is 11.3 Å². The lowest BCUT2D eigenvalue weighted by Crippen LogP contribution is -1.97. The lowest BCUT2D eigenvalue weighted by Gasteiger charge is -2.05. The molecule has 0 spiro atoms. The van der Waals surface area contributed by atoms with Crippen molar-refractivity contribution < 1.29 is 4.42 Å². The Morgan fingerprint density at radius 3 is 2.24 bits per heavy atom. The van der Waals surface area contributed by atoms with Crippen LogP contribution in [0.25, 0.3) is 64.9 Å². The lowest BCUT2D eigenvalue weighted by molar-refractivity contribution is 0.669. The average Bonchev–Trinajstić information content (AvgIpc) is 3.41. The quantitative estimate of drug-likeness (QED) is 0.259. The maximum atomic E-state index is 6.29. The van der Waals surface area contributed by atoms with Gasteiger partial charge in [-0.2, -0.15) is 9.97 Å². The summed E-state index contributed by atoms with van der Waals surface area (Å²) >= 11 is 8.09. The van der Waals surface area contributed by atoms with Crippen molar-refractivity contribution in [2.45, 2.75) is 0 Å². The monoisotopic (exact) mass is 463 g/mol. The SMILES string of the molecule is Clc1nc(-c2ccccc2)nc(-c2ccc3oc4ccc5sc6ccccc6c5c4c3c2)n1. The van der Waals surface area contributed by atoms with Gasteiger partial charge in [0.1, 0.15) is 11.2 Å². The fraction of sp³-hybridized carbons (Fsp3) is 0. The summed E-state index contributed by atoms with van der Waals surface area (Å²) in [5, 5.41) is 4.79. The van der Waals surface area contributed by atoms with Gasteiger partial charge in [0.25, 0.3) is 0 Å². The van der Waals surface area contributed by atoms with Crippen LogP contribution < -0.4 is 0 Å². The van der Waals surface area contributed by atoms with Crippen molar-refractivity contribution in [2.75, 3.05) is 0 Å². The summed E-state index contributed by atoms with van der Waals surface area (Å²) in [4.78, 5) is 13.5. The molecule has 0 aliphatic rings. The summed E-state index contributed by atoms with van der Waals surface area (Å²) in [5.41, 5.74) is 3.46. The minimum absolute atomic E-state index is 0.169. The van der Waals surface area contributed by atoms with Gasteiger partial charge in [0, 0.05) is 42.1 Å². The molecule has 0 bridgehead atoms. The van der Waals surface area contributed by atoms with Gasteiger partial charge in [0.05, 0.1) is 0 Å². The molecule has 4 aromatic carbocycles. The summed E-state index contributed by atoms with van der Waals surface area (Å²) in [6, 6.07) is 28.5. The number of fused-ring (bicyclic) bond motifs is 7. The van der Waals surface area contributed by atoms with Crippen LogP contribution in [0.15, 0.2) is 89.3 Å². The third-order valence-electron chi connectivity index (χ3n) is 5.87. The predicted molar refractivity (Wildman–Crippen MR) is 136 cm³/mol. The third-order valence-corrected chi connectivity index (χ3v) is 7.18. The van der Waals surface area contributed by atoms with E-state index in [0.717, 1.165) is 33.1 Å². The maximum Gasteiger partial charge on any atom is 0.226 e. The largest absolute Gasteiger partial charge is 0.456 e. The molecule has 4 nitrogen and oxygen atoms in total. The smallest absolute Gasteiger partial charge is 0.226 e. The van der Waals surface area contributed by atoms with Crippen molar-refractivity contribution in [3.05, 3.63) is 90.2 Å². The van der Waals surface area contributed by atoms with Gasteiger partial charge >= 0.3 is 0 Å². The van der Waals surface area contributed by atoms with Gasteiger partial charge in [-0.1, -0.05) is 48.5 Å². The highest BCUT2D eigenvalue weighted by Gasteiger charge is 2.17. The van der Waals surface area contributed by atoms with Gasteiger partial charge in [0.2, 0.25) is 5.28 Å². The van der Waals surface area contributed by atoms with Crippen molar-refractivity contribution in [3.63, 3.8) is 0 Å². The second-order valence-electron chi connectivity index (χ2n) is 7.84. The Balaban J connectivity index is 1.50. The van der Waals surface area contributed by atoms with E-state index in [1.165, 1.54) is 20.2 Å². The van der Waals surface area contributed by atoms with Crippen molar-refractivity contribution in [2.24, 2.45) is 0 Å². The molecular formula is C27H14ClN3OS. The molecule has 0 saturated heterocycles. The van der Waals surface area contributed by atoms with Gasteiger partial charge in [-0.25, -0.2) is 4.98 Å². The zero-order chi connectivity index (χ0) is 21.9. The summed E-state index contributed by atoms with van der Waals surface area (Å²) in [6.45, 7) is 0. The maximum absolute atomic E-state index is 6.29. The minimum Gasteiger partial charge on any atom is -0.456 e. The molecule has 0 aliphatic carbocycles. The Morgan fingerprint density at radius 2 is 1.36 bits per heavy atom. The van der Waals surface area contributed by atoms with Crippen LogP contribution in [0.3, 0.4) is 0 Å². The molecule has 6 heteroatoms. The molecule has 3 aromatic heterocycles. The number of aromatic nitrogens is 3. The first-order chi connectivity index (χ1) is 16.2. The summed E-state index contributed by atoms with van der Waals surface area (Å²) in [7, 11) is 0. The molecule has 33 heavy (non-hydrogen) atoms. The van der Waals surface area contributed by atoms with Gasteiger partial charge < -0.3 is 4.42 Å². The van der Waals surface area contributed by atoms with Crippen molar-refractivity contribution >= 4 is 65.0 Å². The fourth-order valence-electron chi connectivity index (χ4n) is 4.42. The minimum atomic E-state index is 0.169. The first-order valence-electron chi connectivity index (χ1n) is 10.5. The van der Waals surface area contributed by atoms with Crippen LogP contribution in [-0.4, -0.2) is 15.0 Å². The van der Waals surface area contributed by atoms with Gasteiger partial charge in [-0.3, -0.25) is 0 Å². The highest BCUT2D eigenvalue weighted by molar-refractivity contribution is 7.26. The molecular weight excluding hydrogens is 450 g/mol. The zero-order valence-electron chi connectivity index (χ0n) is 17.1. The number of nitrogens with zero attached hydrogens (tertiary/aromatic N) is 3. The van der Waals surface area contributed by atoms with E-state index in [4.69, 9.17) is 21.0 Å². The summed E-state index contributed by atoms with van der Waals surface area (Å²) < 4.78 is 8.72. The number of hydrogen-bond donors (Lipinski definition) is 0. The lowest BCUT2D eigenvalue weighted by atomic mass is 10.0. The number of hydrogen-bond acceptors (Lipinski definition) is 5. The van der Waals surface area contributed by atoms with Gasteiger partial charge in [-0.05, 0) is 48.0 Å². The van der Waals surface area contributed by atoms with Crippen LogP contribution in [0, 0.1) is 0 Å². The Bertz CT molecular complexity index is 1840. The van der Waals surface area contributed by atoms with Crippen LogP contribution in [0.2, 0.25) is 5.28 Å². The molecule has 7 rings (SSSR count). The third kappa shape index (κ3) is 2.94. The molecule has 0 fully saturated rings. The molecule has 0 saturated carbocycles. The molecule has 7 aromatic rings. The van der Waals surface area contributed by atoms with E-state index >= 15 is 0 Å². The van der Waals surface area contributed by atoms with E-state index in [1.807, 2.05) is 42.5 Å². The number of benzene rings is 4. The molecule has 156 valence electrons. The Kier molecular flexibility index (Phi) is 4.03. The van der Waals surface area contributed by atoms with Crippen LogP contribution in [-0.2, 0) is 0 Å². The zero-order valence-corrected chi connectivity index (χ0v) is 18.7. The van der Waals surface area contributed by atoms with Crippen LogP contribution >= 0.6 is 22.9 Å². The van der Waals surface area contributed by atoms with Crippen molar-refractivity contribution in [3.8, 4) is 22.8 Å². The number of furan rings is 1. The molecule has 3 heterocycles. The highest BCUT2D eigenvalue weighted by Crippen LogP contribution is 2.42. The number of halogens is 1. The molecule has 0 N–H and O–H groups in total. The average molecular weight is 464 g/mol. The van der Waals surface area contributed by atoms with E-state index in [1.54, 1.807) is 11.3 Å². The predicted octanol–water partition coefficient (Wildman–Crippen LogP) is 8.13. The van der Waals surface area contributed by atoms with Crippen LogP contribution in [0.1, 0.15) is 0 Å². The van der Waals surface area contributed by atoms with E-state index in [2.05, 4.69) is 52.4 Å². The van der Waals surface area contributed by atoms with Gasteiger partial charge in [0.15, 0.2) is 11.6 Å². The second kappa shape index (κ2) is 7.10. The van der Waals surface area contributed by atoms with Crippen LogP contribution in [0.4, 0.5) is 0 Å². The first kappa shape index (κ1) is 18.7. The summed E-state index contributed by atoms with van der Waals surface area (Å²) in [6.07, 6.45) is 0. The van der Waals surface area contributed by atoms with E-state index < -0.39 is 0 Å². The normalized spacial score (nSPS) is 11.8. The topological polar surface area (TPSA) is 51.8 Å². The molecule has 0 radical (unpaired) electrons. The Morgan fingerprint density at radius 1 is 0.606 bits per heavy atom. The second-order valence-corrected chi connectivity index (χ2v) is 9.26. The highest BCUT2D eigenvalue weighted by atomic mass is 35.5. The van der Waals surface area contributed by atoms with Crippen molar-refractivity contribution in [1.29, 1.82) is 0 Å². The number of thiophene rings is 1.